The van der Waals surface area contributed by atoms with E-state index in [9.17, 15) is 4.79 Å². The van der Waals surface area contributed by atoms with E-state index in [1.807, 2.05) is 24.3 Å². The first-order valence-electron chi connectivity index (χ1n) is 8.61. The topological polar surface area (TPSA) is 26.3 Å². The van der Waals surface area contributed by atoms with Crippen LogP contribution in [0.4, 0.5) is 0 Å². The molecule has 0 unspecified atom stereocenters. The van der Waals surface area contributed by atoms with Crippen LogP contribution in [0.3, 0.4) is 0 Å². The van der Waals surface area contributed by atoms with Crippen molar-refractivity contribution in [1.82, 2.24) is 0 Å². The first-order chi connectivity index (χ1) is 11.8. The van der Waals surface area contributed by atoms with E-state index in [4.69, 9.17) is 27.9 Å². The van der Waals surface area contributed by atoms with Crippen LogP contribution in [0, 0.1) is 0 Å². The van der Waals surface area contributed by atoms with Crippen LogP contribution in [0.25, 0.3) is 0 Å². The Morgan fingerprint density at radius 1 is 1.04 bits per heavy atom. The highest BCUT2D eigenvalue weighted by molar-refractivity contribution is 6.36. The van der Waals surface area contributed by atoms with Crippen molar-refractivity contribution in [3.8, 4) is 5.75 Å². The lowest BCUT2D eigenvalue weighted by molar-refractivity contribution is 0.0735. The molecule has 0 aliphatic carbocycles. The van der Waals surface area contributed by atoms with Gasteiger partial charge in [0.05, 0.1) is 10.6 Å². The molecule has 0 saturated heterocycles. The van der Waals surface area contributed by atoms with Gasteiger partial charge in [-0.3, -0.25) is 0 Å². The molecule has 0 atom stereocenters. The standard InChI is InChI=1S/C21H24Cl2O2/c1-4-5-6-13-21(2,3)15-7-10-17(11-8-15)25-20(24)18-12-9-16(22)14-19(18)23/h7-12,14H,4-6,13H2,1-3H3. The second-order valence-corrected chi connectivity index (χ2v) is 7.72. The van der Waals surface area contributed by atoms with Gasteiger partial charge in [-0.05, 0) is 47.7 Å². The van der Waals surface area contributed by atoms with Crippen LogP contribution in [-0.2, 0) is 5.41 Å². The van der Waals surface area contributed by atoms with Crippen molar-refractivity contribution in [1.29, 1.82) is 0 Å². The smallest absolute Gasteiger partial charge is 0.345 e. The molecule has 2 aromatic rings. The Labute approximate surface area is 160 Å². The van der Waals surface area contributed by atoms with Crippen molar-refractivity contribution in [2.24, 2.45) is 0 Å². The van der Waals surface area contributed by atoms with Crippen molar-refractivity contribution >= 4 is 29.2 Å². The lowest BCUT2D eigenvalue weighted by Gasteiger charge is -2.25. The molecule has 0 aliphatic heterocycles. The molecule has 0 saturated carbocycles. The number of rotatable bonds is 7. The summed E-state index contributed by atoms with van der Waals surface area (Å²) in [7, 11) is 0. The Morgan fingerprint density at radius 2 is 1.72 bits per heavy atom. The molecule has 0 N–H and O–H groups in total. The molecule has 0 spiro atoms. The van der Waals surface area contributed by atoms with Crippen molar-refractivity contribution in [3.05, 3.63) is 63.6 Å². The van der Waals surface area contributed by atoms with Gasteiger partial charge >= 0.3 is 5.97 Å². The number of carbonyl (C=O) groups is 1. The van der Waals surface area contributed by atoms with Crippen molar-refractivity contribution < 1.29 is 9.53 Å². The molecule has 0 fully saturated rings. The second-order valence-electron chi connectivity index (χ2n) is 6.88. The summed E-state index contributed by atoms with van der Waals surface area (Å²) in [5.74, 6) is 0.0146. The number of ether oxygens (including phenoxy) is 1. The molecule has 25 heavy (non-hydrogen) atoms. The fourth-order valence-corrected chi connectivity index (χ4v) is 3.24. The molecule has 2 rings (SSSR count). The fourth-order valence-electron chi connectivity index (χ4n) is 2.75. The number of benzene rings is 2. The lowest BCUT2D eigenvalue weighted by Crippen LogP contribution is -2.17. The van der Waals surface area contributed by atoms with E-state index in [2.05, 4.69) is 20.8 Å². The molecular formula is C21H24Cl2O2. The van der Waals surface area contributed by atoms with E-state index < -0.39 is 5.97 Å². The monoisotopic (exact) mass is 378 g/mol. The summed E-state index contributed by atoms with van der Waals surface area (Å²) >= 11 is 11.9. The number of hydrogen-bond donors (Lipinski definition) is 0. The third-order valence-electron chi connectivity index (χ3n) is 4.40. The molecule has 0 amide bonds. The molecule has 0 aromatic heterocycles. The number of hydrogen-bond acceptors (Lipinski definition) is 2. The largest absolute Gasteiger partial charge is 0.423 e. The predicted octanol–water partition coefficient (Wildman–Crippen LogP) is 7.07. The van der Waals surface area contributed by atoms with E-state index in [0.717, 1.165) is 6.42 Å². The number of esters is 1. The summed E-state index contributed by atoms with van der Waals surface area (Å²) < 4.78 is 5.42. The zero-order chi connectivity index (χ0) is 18.4. The molecule has 4 heteroatoms. The number of unbranched alkanes of at least 4 members (excludes halogenated alkanes) is 2. The van der Waals surface area contributed by atoms with Crippen LogP contribution in [0.2, 0.25) is 10.0 Å². The quantitative estimate of drug-likeness (QED) is 0.292. The van der Waals surface area contributed by atoms with E-state index in [1.54, 1.807) is 12.1 Å². The van der Waals surface area contributed by atoms with Gasteiger partial charge < -0.3 is 4.74 Å². The predicted molar refractivity (Wildman–Crippen MR) is 105 cm³/mol. The Bertz CT molecular complexity index is 721. The molecule has 2 aromatic carbocycles. The van der Waals surface area contributed by atoms with E-state index >= 15 is 0 Å². The van der Waals surface area contributed by atoms with Crippen molar-refractivity contribution in [2.45, 2.75) is 51.9 Å². The maximum atomic E-state index is 12.3. The molecule has 134 valence electrons. The SMILES string of the molecule is CCCCCC(C)(C)c1ccc(OC(=O)c2ccc(Cl)cc2Cl)cc1. The summed E-state index contributed by atoms with van der Waals surface area (Å²) in [6, 6.07) is 12.4. The summed E-state index contributed by atoms with van der Waals surface area (Å²) in [6.07, 6.45) is 4.83. The number of halogens is 2. The maximum absolute atomic E-state index is 12.3. The van der Waals surface area contributed by atoms with Gasteiger partial charge in [0.2, 0.25) is 0 Å². The summed E-state index contributed by atoms with van der Waals surface area (Å²) in [5.41, 5.74) is 1.65. The molecule has 2 nitrogen and oxygen atoms in total. The highest BCUT2D eigenvalue weighted by Gasteiger charge is 2.20. The zero-order valence-corrected chi connectivity index (χ0v) is 16.5. The summed E-state index contributed by atoms with van der Waals surface area (Å²) in [4.78, 5) is 12.3. The first-order valence-corrected chi connectivity index (χ1v) is 9.37. The number of carbonyl (C=O) groups excluding carboxylic acids is 1. The summed E-state index contributed by atoms with van der Waals surface area (Å²) in [6.45, 7) is 6.71. The first kappa shape index (κ1) is 19.8. The van der Waals surface area contributed by atoms with Gasteiger partial charge in [-0.25, -0.2) is 4.79 Å². The minimum Gasteiger partial charge on any atom is -0.423 e. The summed E-state index contributed by atoms with van der Waals surface area (Å²) in [5, 5.41) is 0.766. The van der Waals surface area contributed by atoms with Gasteiger partial charge in [0.1, 0.15) is 5.75 Å². The molecule has 0 bridgehead atoms. The average Bonchev–Trinajstić information content (AvgIpc) is 2.55. The van der Waals surface area contributed by atoms with Gasteiger partial charge in [-0.15, -0.1) is 0 Å². The van der Waals surface area contributed by atoms with E-state index in [0.29, 0.717) is 16.3 Å². The van der Waals surface area contributed by atoms with Crippen molar-refractivity contribution in [3.63, 3.8) is 0 Å². The molecule has 0 aliphatic rings. The highest BCUT2D eigenvalue weighted by Crippen LogP contribution is 2.31. The normalized spacial score (nSPS) is 11.4. The highest BCUT2D eigenvalue weighted by atomic mass is 35.5. The van der Waals surface area contributed by atoms with Crippen LogP contribution >= 0.6 is 23.2 Å². The van der Waals surface area contributed by atoms with E-state index in [-0.39, 0.29) is 10.4 Å². The zero-order valence-electron chi connectivity index (χ0n) is 14.9. The minimum absolute atomic E-state index is 0.108. The van der Waals surface area contributed by atoms with Crippen LogP contribution in [0.5, 0.6) is 5.75 Å². The lowest BCUT2D eigenvalue weighted by atomic mass is 9.80. The Kier molecular flexibility index (Phi) is 6.92. The van der Waals surface area contributed by atoms with Crippen LogP contribution in [-0.4, -0.2) is 5.97 Å². The van der Waals surface area contributed by atoms with Crippen LogP contribution < -0.4 is 4.74 Å². The van der Waals surface area contributed by atoms with Gasteiger partial charge in [-0.1, -0.05) is 75.4 Å². The van der Waals surface area contributed by atoms with Crippen LogP contribution in [0.15, 0.2) is 42.5 Å². The van der Waals surface area contributed by atoms with Gasteiger partial charge in [0.25, 0.3) is 0 Å². The van der Waals surface area contributed by atoms with Gasteiger partial charge in [-0.2, -0.15) is 0 Å². The third kappa shape index (κ3) is 5.49. The molecule has 0 radical (unpaired) electrons. The second kappa shape index (κ2) is 8.73. The van der Waals surface area contributed by atoms with E-state index in [1.165, 1.54) is 30.9 Å². The van der Waals surface area contributed by atoms with Crippen LogP contribution in [0.1, 0.15) is 62.4 Å². The average molecular weight is 379 g/mol. The minimum atomic E-state index is -0.489. The Hall–Kier alpha value is -1.51. The Balaban J connectivity index is 2.05. The fraction of sp³-hybridized carbons (Fsp3) is 0.381. The van der Waals surface area contributed by atoms with Gasteiger partial charge in [0, 0.05) is 5.02 Å². The van der Waals surface area contributed by atoms with Crippen molar-refractivity contribution in [2.75, 3.05) is 0 Å². The Morgan fingerprint density at radius 3 is 2.32 bits per heavy atom. The third-order valence-corrected chi connectivity index (χ3v) is 4.95. The maximum Gasteiger partial charge on any atom is 0.345 e. The molecular weight excluding hydrogens is 355 g/mol. The van der Waals surface area contributed by atoms with Gasteiger partial charge in [0.15, 0.2) is 0 Å². The molecule has 0 heterocycles.